The molecular weight excluding hydrogens is 386 g/mol. The molecule has 0 spiro atoms. The first-order valence-electron chi connectivity index (χ1n) is 9.41. The molecule has 0 fully saturated rings. The van der Waals surface area contributed by atoms with Gasteiger partial charge in [-0.05, 0) is 73.8 Å². The van der Waals surface area contributed by atoms with Crippen LogP contribution in [0.5, 0.6) is 5.75 Å². The highest BCUT2D eigenvalue weighted by atomic mass is 32.1. The fourth-order valence-electron chi connectivity index (χ4n) is 2.90. The van der Waals surface area contributed by atoms with E-state index in [1.807, 2.05) is 18.2 Å². The molecule has 0 saturated carbocycles. The maximum Gasteiger partial charge on any atom is 0.197 e. The number of hydrogen-bond donors (Lipinski definition) is 0. The Balaban J connectivity index is 1.50. The van der Waals surface area contributed by atoms with Gasteiger partial charge < -0.3 is 9.57 Å². The van der Waals surface area contributed by atoms with Crippen LogP contribution < -0.4 is 9.57 Å². The molecule has 1 heterocycles. The molecule has 0 N–H and O–H groups in total. The lowest BCUT2D eigenvalue weighted by molar-refractivity contribution is 0.102. The molecule has 146 valence electrons. The lowest BCUT2D eigenvalue weighted by Gasteiger charge is -2.09. The number of benzene rings is 2. The molecule has 0 bridgehead atoms. The van der Waals surface area contributed by atoms with Gasteiger partial charge in [-0.15, -0.1) is 11.3 Å². The van der Waals surface area contributed by atoms with Crippen molar-refractivity contribution in [3.8, 4) is 16.2 Å². The predicted molar refractivity (Wildman–Crippen MR) is 121 cm³/mol. The third-order valence-electron chi connectivity index (χ3n) is 4.44. The first kappa shape index (κ1) is 20.4. The van der Waals surface area contributed by atoms with Crippen LogP contribution in [0.25, 0.3) is 16.5 Å². The minimum Gasteiger partial charge on any atom is -0.497 e. The van der Waals surface area contributed by atoms with Crippen molar-refractivity contribution in [3.63, 3.8) is 0 Å². The minimum absolute atomic E-state index is 0.660. The van der Waals surface area contributed by atoms with Crippen LogP contribution in [0, 0.1) is 10.9 Å². The highest BCUT2D eigenvalue weighted by Gasteiger charge is 2.12. The highest BCUT2D eigenvalue weighted by Crippen LogP contribution is 2.31. The molecule has 5 heteroatoms. The summed E-state index contributed by atoms with van der Waals surface area (Å²) in [5.41, 5.74) is 3.41. The Hall–Kier alpha value is -2.37. The van der Waals surface area contributed by atoms with Crippen LogP contribution in [0.15, 0.2) is 60.7 Å². The van der Waals surface area contributed by atoms with Gasteiger partial charge in [-0.1, -0.05) is 42.5 Å². The molecular formula is C23H25NO2S2. The highest BCUT2D eigenvalue weighted by molar-refractivity contribution is 7.73. The van der Waals surface area contributed by atoms with Gasteiger partial charge in [0.15, 0.2) is 3.95 Å². The molecule has 3 rings (SSSR count). The third kappa shape index (κ3) is 5.33. The van der Waals surface area contributed by atoms with E-state index in [4.69, 9.17) is 21.8 Å². The zero-order chi connectivity index (χ0) is 19.8. The minimum atomic E-state index is 0.660. The van der Waals surface area contributed by atoms with E-state index in [0.29, 0.717) is 6.61 Å². The third-order valence-corrected chi connectivity index (χ3v) is 5.93. The monoisotopic (exact) mass is 411 g/mol. The van der Waals surface area contributed by atoms with E-state index in [0.717, 1.165) is 45.1 Å². The maximum atomic E-state index is 5.95. The van der Waals surface area contributed by atoms with Gasteiger partial charge in [0.2, 0.25) is 0 Å². The fraction of sp³-hybridized carbons (Fsp3) is 0.261. The standard InChI is InChI=1S/C23H25NO2S2/c1-18-22(20-13-15-21(25-2)16-14-20)28-23(27)24(18)26-17-9-4-3-6-10-19-11-7-5-8-12-19/h5-8,10-16H,3-4,9,17H2,1-2H3/b10-6+. The number of unbranched alkanes of at least 4 members (excludes halogenated alkanes) is 2. The Labute approximate surface area is 175 Å². The largest absolute Gasteiger partial charge is 0.497 e. The smallest absolute Gasteiger partial charge is 0.197 e. The molecule has 0 atom stereocenters. The van der Waals surface area contributed by atoms with E-state index in [1.54, 1.807) is 23.2 Å². The average Bonchev–Trinajstić information content (AvgIpc) is 3.02. The SMILES string of the molecule is COc1ccc(-c2sc(=S)n(OCCCC/C=C/c3ccccc3)c2C)cc1. The maximum absolute atomic E-state index is 5.95. The van der Waals surface area contributed by atoms with Gasteiger partial charge >= 0.3 is 0 Å². The van der Waals surface area contributed by atoms with Crippen LogP contribution in [0.3, 0.4) is 0 Å². The number of aromatic nitrogens is 1. The topological polar surface area (TPSA) is 23.4 Å². The van der Waals surface area contributed by atoms with Crippen LogP contribution in [-0.2, 0) is 0 Å². The van der Waals surface area contributed by atoms with Crippen molar-refractivity contribution in [2.45, 2.75) is 26.2 Å². The Morgan fingerprint density at radius 2 is 1.79 bits per heavy atom. The summed E-state index contributed by atoms with van der Waals surface area (Å²) >= 11 is 7.08. The van der Waals surface area contributed by atoms with Crippen LogP contribution in [0.1, 0.15) is 30.5 Å². The number of ether oxygens (including phenoxy) is 1. The summed E-state index contributed by atoms with van der Waals surface area (Å²) in [7, 11) is 1.67. The van der Waals surface area contributed by atoms with Crippen molar-refractivity contribution < 1.29 is 9.57 Å². The van der Waals surface area contributed by atoms with E-state index in [9.17, 15) is 0 Å². The van der Waals surface area contributed by atoms with Crippen LogP contribution in [-0.4, -0.2) is 18.4 Å². The van der Waals surface area contributed by atoms with Gasteiger partial charge in [0, 0.05) is 0 Å². The summed E-state index contributed by atoms with van der Waals surface area (Å²) in [5, 5.41) is 0. The second-order valence-electron chi connectivity index (χ2n) is 6.45. The van der Waals surface area contributed by atoms with Crippen molar-refractivity contribution in [1.29, 1.82) is 0 Å². The second-order valence-corrected chi connectivity index (χ2v) is 8.09. The van der Waals surface area contributed by atoms with Crippen LogP contribution in [0.4, 0.5) is 0 Å². The summed E-state index contributed by atoms with van der Waals surface area (Å²) < 4.78 is 7.76. The Bertz CT molecular complexity index is 957. The number of allylic oxidation sites excluding steroid dienone is 1. The first-order valence-corrected chi connectivity index (χ1v) is 10.6. The molecule has 0 radical (unpaired) electrons. The summed E-state index contributed by atoms with van der Waals surface area (Å²) in [6.45, 7) is 2.71. The van der Waals surface area contributed by atoms with Crippen molar-refractivity contribution in [3.05, 3.63) is 75.9 Å². The molecule has 28 heavy (non-hydrogen) atoms. The van der Waals surface area contributed by atoms with Crippen molar-refractivity contribution in [2.75, 3.05) is 13.7 Å². The van der Waals surface area contributed by atoms with Gasteiger partial charge in [-0.2, -0.15) is 4.73 Å². The van der Waals surface area contributed by atoms with Crippen LogP contribution >= 0.6 is 23.6 Å². The number of rotatable bonds is 9. The molecule has 0 aliphatic carbocycles. The molecule has 0 amide bonds. The van der Waals surface area contributed by atoms with Crippen molar-refractivity contribution in [2.24, 2.45) is 0 Å². The van der Waals surface area contributed by atoms with E-state index >= 15 is 0 Å². The quantitative estimate of drug-likeness (QED) is 0.294. The van der Waals surface area contributed by atoms with Crippen LogP contribution in [0.2, 0.25) is 0 Å². The Morgan fingerprint density at radius 3 is 2.50 bits per heavy atom. The Kier molecular flexibility index (Phi) is 7.46. The normalized spacial score (nSPS) is 11.1. The van der Waals surface area contributed by atoms with Crippen molar-refractivity contribution in [1.82, 2.24) is 4.73 Å². The number of thiazole rings is 1. The molecule has 2 aromatic carbocycles. The molecule has 0 saturated heterocycles. The van der Waals surface area contributed by atoms with Gasteiger partial charge in [-0.25, -0.2) is 0 Å². The molecule has 0 aliphatic heterocycles. The van der Waals surface area contributed by atoms with E-state index in [2.05, 4.69) is 55.5 Å². The zero-order valence-corrected chi connectivity index (χ0v) is 17.9. The molecule has 1 aromatic heterocycles. The first-order chi connectivity index (χ1) is 13.7. The summed E-state index contributed by atoms with van der Waals surface area (Å²) in [5.74, 6) is 0.849. The van der Waals surface area contributed by atoms with Crippen molar-refractivity contribution >= 4 is 29.6 Å². The summed E-state index contributed by atoms with van der Waals surface area (Å²) in [6, 6.07) is 18.4. The van der Waals surface area contributed by atoms with Gasteiger partial charge in [0.25, 0.3) is 0 Å². The predicted octanol–water partition coefficient (Wildman–Crippen LogP) is 6.58. The van der Waals surface area contributed by atoms with Gasteiger partial charge in [0.1, 0.15) is 12.4 Å². The lowest BCUT2D eigenvalue weighted by Crippen LogP contribution is -2.14. The summed E-state index contributed by atoms with van der Waals surface area (Å²) in [4.78, 5) is 7.09. The second kappa shape index (κ2) is 10.2. The van der Waals surface area contributed by atoms with E-state index < -0.39 is 0 Å². The number of nitrogens with zero attached hydrogens (tertiary/aromatic N) is 1. The number of methoxy groups -OCH3 is 1. The van der Waals surface area contributed by atoms with Gasteiger partial charge in [-0.3, -0.25) is 0 Å². The van der Waals surface area contributed by atoms with Gasteiger partial charge in [0.05, 0.1) is 17.7 Å². The summed E-state index contributed by atoms with van der Waals surface area (Å²) in [6.07, 6.45) is 7.52. The molecule has 3 nitrogen and oxygen atoms in total. The van der Waals surface area contributed by atoms with E-state index in [1.165, 1.54) is 5.56 Å². The molecule has 3 aromatic rings. The lowest BCUT2D eigenvalue weighted by atomic mass is 10.1. The molecule has 0 aliphatic rings. The number of hydrogen-bond acceptors (Lipinski definition) is 4. The van der Waals surface area contributed by atoms with E-state index in [-0.39, 0.29) is 0 Å². The average molecular weight is 412 g/mol. The zero-order valence-electron chi connectivity index (χ0n) is 16.3. The fourth-order valence-corrected chi connectivity index (χ4v) is 4.27. The molecule has 0 unspecified atom stereocenters. The Morgan fingerprint density at radius 1 is 1.04 bits per heavy atom.